The number of hydrogen-bond acceptors (Lipinski definition) is 3. The van der Waals surface area contributed by atoms with Crippen molar-refractivity contribution in [2.75, 3.05) is 46.3 Å². The Kier molecular flexibility index (Phi) is 5.83. The first-order valence-electron chi connectivity index (χ1n) is 7.47. The molecule has 0 amide bonds. The van der Waals surface area contributed by atoms with Crippen LogP contribution in [0.4, 0.5) is 0 Å². The zero-order valence-electron chi connectivity index (χ0n) is 12.4. The number of aryl methyl sites for hydroxylation is 1. The van der Waals surface area contributed by atoms with Crippen LogP contribution in [0.2, 0.25) is 0 Å². The molecule has 0 aromatic heterocycles. The normalized spacial score (nSPS) is 17.8. The van der Waals surface area contributed by atoms with Crippen molar-refractivity contribution >= 4 is 0 Å². The minimum Gasteiger partial charge on any atom is -0.311 e. The van der Waals surface area contributed by atoms with Gasteiger partial charge in [0.25, 0.3) is 0 Å². The molecule has 0 radical (unpaired) electrons. The summed E-state index contributed by atoms with van der Waals surface area (Å²) in [6, 6.07) is 8.94. The summed E-state index contributed by atoms with van der Waals surface area (Å²) in [5.41, 5.74) is 2.80. The molecule has 0 saturated carbocycles. The molecule has 1 N–H and O–H groups in total. The molecule has 2 rings (SSSR count). The molecular weight excluding hydrogens is 234 g/mol. The Bertz CT molecular complexity index is 353. The highest BCUT2D eigenvalue weighted by atomic mass is 15.2. The SMILES string of the molecule is CCc1ccc(CNCCN2CCN(C)CC2)cc1. The van der Waals surface area contributed by atoms with Gasteiger partial charge in [-0.2, -0.15) is 0 Å². The Morgan fingerprint density at radius 1 is 1.00 bits per heavy atom. The van der Waals surface area contributed by atoms with Crippen molar-refractivity contribution in [2.24, 2.45) is 0 Å². The van der Waals surface area contributed by atoms with Gasteiger partial charge in [-0.25, -0.2) is 0 Å². The standard InChI is InChI=1S/C16H27N3/c1-3-15-4-6-16(7-5-15)14-17-8-9-19-12-10-18(2)11-13-19/h4-7,17H,3,8-14H2,1-2H3. The Hall–Kier alpha value is -0.900. The van der Waals surface area contributed by atoms with Gasteiger partial charge in [0.2, 0.25) is 0 Å². The van der Waals surface area contributed by atoms with E-state index in [0.29, 0.717) is 0 Å². The molecule has 1 aliphatic rings. The van der Waals surface area contributed by atoms with Crippen molar-refractivity contribution in [3.8, 4) is 0 Å². The monoisotopic (exact) mass is 261 g/mol. The van der Waals surface area contributed by atoms with E-state index < -0.39 is 0 Å². The molecule has 0 aliphatic carbocycles. The van der Waals surface area contributed by atoms with Gasteiger partial charge in [0.1, 0.15) is 0 Å². The van der Waals surface area contributed by atoms with Crippen LogP contribution < -0.4 is 5.32 Å². The van der Waals surface area contributed by atoms with Crippen molar-refractivity contribution < 1.29 is 0 Å². The predicted molar refractivity (Wildman–Crippen MR) is 81.5 cm³/mol. The third kappa shape index (κ3) is 4.94. The van der Waals surface area contributed by atoms with E-state index in [0.717, 1.165) is 19.5 Å². The number of piperazine rings is 1. The summed E-state index contributed by atoms with van der Waals surface area (Å²) in [5.74, 6) is 0. The summed E-state index contributed by atoms with van der Waals surface area (Å²) < 4.78 is 0. The number of rotatable bonds is 6. The molecule has 19 heavy (non-hydrogen) atoms. The average Bonchev–Trinajstić information content (AvgIpc) is 2.46. The maximum atomic E-state index is 3.54. The van der Waals surface area contributed by atoms with Gasteiger partial charge in [0, 0.05) is 45.8 Å². The van der Waals surface area contributed by atoms with Gasteiger partial charge < -0.3 is 10.2 Å². The number of nitrogens with zero attached hydrogens (tertiary/aromatic N) is 2. The second kappa shape index (κ2) is 7.63. The maximum Gasteiger partial charge on any atom is 0.0206 e. The van der Waals surface area contributed by atoms with Gasteiger partial charge in [-0.1, -0.05) is 31.2 Å². The van der Waals surface area contributed by atoms with E-state index in [9.17, 15) is 0 Å². The highest BCUT2D eigenvalue weighted by molar-refractivity contribution is 5.22. The third-order valence-corrected chi connectivity index (χ3v) is 3.96. The van der Waals surface area contributed by atoms with Crippen molar-refractivity contribution in [1.82, 2.24) is 15.1 Å². The fourth-order valence-corrected chi connectivity index (χ4v) is 2.43. The molecule has 1 fully saturated rings. The van der Waals surface area contributed by atoms with Crippen LogP contribution in [0.25, 0.3) is 0 Å². The van der Waals surface area contributed by atoms with E-state index in [1.165, 1.54) is 43.9 Å². The van der Waals surface area contributed by atoms with Gasteiger partial charge in [-0.3, -0.25) is 4.90 Å². The average molecular weight is 261 g/mol. The first kappa shape index (κ1) is 14.5. The summed E-state index contributed by atoms with van der Waals surface area (Å²) in [6.45, 7) is 10.3. The molecule has 1 saturated heterocycles. The molecule has 1 heterocycles. The summed E-state index contributed by atoms with van der Waals surface area (Å²) in [5, 5.41) is 3.54. The molecule has 106 valence electrons. The van der Waals surface area contributed by atoms with E-state index in [-0.39, 0.29) is 0 Å². The zero-order chi connectivity index (χ0) is 13.5. The first-order valence-corrected chi connectivity index (χ1v) is 7.47. The minimum atomic E-state index is 0.984. The predicted octanol–water partition coefficient (Wildman–Crippen LogP) is 1.59. The summed E-state index contributed by atoms with van der Waals surface area (Å²) in [6.07, 6.45) is 1.12. The van der Waals surface area contributed by atoms with Crippen LogP contribution in [0.3, 0.4) is 0 Å². The maximum absolute atomic E-state index is 3.54. The van der Waals surface area contributed by atoms with Gasteiger partial charge in [0.05, 0.1) is 0 Å². The topological polar surface area (TPSA) is 18.5 Å². The van der Waals surface area contributed by atoms with E-state index in [1.807, 2.05) is 0 Å². The van der Waals surface area contributed by atoms with Gasteiger partial charge in [-0.05, 0) is 24.6 Å². The molecule has 3 heteroatoms. The van der Waals surface area contributed by atoms with Crippen LogP contribution in [-0.2, 0) is 13.0 Å². The Morgan fingerprint density at radius 2 is 1.63 bits per heavy atom. The highest BCUT2D eigenvalue weighted by Gasteiger charge is 2.12. The number of nitrogens with one attached hydrogen (secondary N) is 1. The molecule has 0 atom stereocenters. The Labute approximate surface area is 117 Å². The van der Waals surface area contributed by atoms with Crippen LogP contribution in [0.1, 0.15) is 18.1 Å². The lowest BCUT2D eigenvalue weighted by Gasteiger charge is -2.32. The lowest BCUT2D eigenvalue weighted by Crippen LogP contribution is -2.46. The number of likely N-dealkylation sites (N-methyl/N-ethyl adjacent to an activating group) is 1. The van der Waals surface area contributed by atoms with Crippen molar-refractivity contribution in [3.05, 3.63) is 35.4 Å². The minimum absolute atomic E-state index is 0.984. The lowest BCUT2D eigenvalue weighted by atomic mass is 10.1. The fourth-order valence-electron chi connectivity index (χ4n) is 2.43. The van der Waals surface area contributed by atoms with Crippen LogP contribution in [0.5, 0.6) is 0 Å². The van der Waals surface area contributed by atoms with Crippen LogP contribution in [0.15, 0.2) is 24.3 Å². The van der Waals surface area contributed by atoms with Gasteiger partial charge in [-0.15, -0.1) is 0 Å². The summed E-state index contributed by atoms with van der Waals surface area (Å²) in [7, 11) is 2.20. The van der Waals surface area contributed by atoms with E-state index in [2.05, 4.69) is 53.4 Å². The molecule has 0 unspecified atom stereocenters. The molecule has 0 spiro atoms. The van der Waals surface area contributed by atoms with Crippen molar-refractivity contribution in [2.45, 2.75) is 19.9 Å². The highest BCUT2D eigenvalue weighted by Crippen LogP contribution is 2.04. The van der Waals surface area contributed by atoms with Gasteiger partial charge in [0.15, 0.2) is 0 Å². The summed E-state index contributed by atoms with van der Waals surface area (Å²) in [4.78, 5) is 4.95. The molecule has 3 nitrogen and oxygen atoms in total. The second-order valence-corrected chi connectivity index (χ2v) is 5.49. The van der Waals surface area contributed by atoms with E-state index in [1.54, 1.807) is 0 Å². The van der Waals surface area contributed by atoms with Crippen LogP contribution in [0, 0.1) is 0 Å². The van der Waals surface area contributed by atoms with Crippen LogP contribution in [-0.4, -0.2) is 56.1 Å². The third-order valence-electron chi connectivity index (χ3n) is 3.96. The lowest BCUT2D eigenvalue weighted by molar-refractivity contribution is 0.154. The van der Waals surface area contributed by atoms with Crippen LogP contribution >= 0.6 is 0 Å². The fraction of sp³-hybridized carbons (Fsp3) is 0.625. The zero-order valence-corrected chi connectivity index (χ0v) is 12.4. The first-order chi connectivity index (χ1) is 9.28. The van der Waals surface area contributed by atoms with E-state index in [4.69, 9.17) is 0 Å². The molecule has 1 aliphatic heterocycles. The Balaban J connectivity index is 1.61. The van der Waals surface area contributed by atoms with Gasteiger partial charge >= 0.3 is 0 Å². The van der Waals surface area contributed by atoms with Crippen molar-refractivity contribution in [3.63, 3.8) is 0 Å². The smallest absolute Gasteiger partial charge is 0.0206 e. The van der Waals surface area contributed by atoms with E-state index >= 15 is 0 Å². The molecule has 1 aromatic carbocycles. The largest absolute Gasteiger partial charge is 0.311 e. The quantitative estimate of drug-likeness (QED) is 0.785. The van der Waals surface area contributed by atoms with Crippen molar-refractivity contribution in [1.29, 1.82) is 0 Å². The number of hydrogen-bond donors (Lipinski definition) is 1. The molecular formula is C16H27N3. The molecule has 1 aromatic rings. The number of benzene rings is 1. The Morgan fingerprint density at radius 3 is 2.26 bits per heavy atom. The summed E-state index contributed by atoms with van der Waals surface area (Å²) >= 11 is 0. The second-order valence-electron chi connectivity index (χ2n) is 5.49. The molecule has 0 bridgehead atoms.